The third kappa shape index (κ3) is 9.66. The summed E-state index contributed by atoms with van der Waals surface area (Å²) in [6, 6.07) is 0. The molecular formula is C13H24. The maximum atomic E-state index is 3.84. The van der Waals surface area contributed by atoms with Crippen LogP contribution in [0.15, 0.2) is 12.2 Å². The summed E-state index contributed by atoms with van der Waals surface area (Å²) in [5.74, 6) is 0.738. The summed E-state index contributed by atoms with van der Waals surface area (Å²) in [6.07, 6.45) is 13.2. The van der Waals surface area contributed by atoms with Crippen molar-refractivity contribution >= 4 is 0 Å². The van der Waals surface area contributed by atoms with Gasteiger partial charge in [0.05, 0.1) is 0 Å². The van der Waals surface area contributed by atoms with Gasteiger partial charge in [0.2, 0.25) is 0 Å². The number of hydrogen-bond donors (Lipinski definition) is 0. The highest BCUT2D eigenvalue weighted by molar-refractivity contribution is 4.86. The van der Waals surface area contributed by atoms with Crippen molar-refractivity contribution in [2.24, 2.45) is 5.92 Å². The van der Waals surface area contributed by atoms with E-state index < -0.39 is 0 Å². The Labute approximate surface area is 84.4 Å². The molecule has 1 unspecified atom stereocenters. The Kier molecular flexibility index (Phi) is 9.63. The van der Waals surface area contributed by atoms with Crippen molar-refractivity contribution in [2.45, 2.75) is 51.9 Å². The van der Waals surface area contributed by atoms with Crippen LogP contribution in [0.5, 0.6) is 0 Å². The molecule has 2 radical (unpaired) electrons. The van der Waals surface area contributed by atoms with E-state index in [1.54, 1.807) is 0 Å². The van der Waals surface area contributed by atoms with E-state index in [0.29, 0.717) is 0 Å². The number of rotatable bonds is 8. The van der Waals surface area contributed by atoms with E-state index in [0.717, 1.165) is 18.8 Å². The second-order valence-corrected chi connectivity index (χ2v) is 3.75. The Hall–Kier alpha value is -0.260. The first kappa shape index (κ1) is 12.7. The zero-order chi connectivity index (χ0) is 9.94. The first-order valence-corrected chi connectivity index (χ1v) is 5.56. The molecule has 0 saturated carbocycles. The Bertz CT molecular complexity index is 113. The van der Waals surface area contributed by atoms with E-state index >= 15 is 0 Å². The molecule has 1 atom stereocenters. The molecule has 0 saturated heterocycles. The summed E-state index contributed by atoms with van der Waals surface area (Å²) in [7, 11) is 0. The van der Waals surface area contributed by atoms with Crippen LogP contribution >= 0.6 is 0 Å². The van der Waals surface area contributed by atoms with Crippen LogP contribution in [0.4, 0.5) is 0 Å². The Morgan fingerprint density at radius 3 is 2.38 bits per heavy atom. The highest BCUT2D eigenvalue weighted by Crippen LogP contribution is 2.12. The molecule has 76 valence electrons. The zero-order valence-electron chi connectivity index (χ0n) is 9.10. The SMILES string of the molecule is [CH2]CC=CC(C)CCCCCC[CH2]. The summed E-state index contributed by atoms with van der Waals surface area (Å²) >= 11 is 0. The van der Waals surface area contributed by atoms with Crippen LogP contribution in [0.3, 0.4) is 0 Å². The molecule has 0 aromatic heterocycles. The topological polar surface area (TPSA) is 0 Å². The largest absolute Gasteiger partial charge is 0.0883 e. The van der Waals surface area contributed by atoms with E-state index in [4.69, 9.17) is 0 Å². The van der Waals surface area contributed by atoms with Crippen LogP contribution in [0.2, 0.25) is 0 Å². The predicted molar refractivity (Wildman–Crippen MR) is 61.3 cm³/mol. The molecule has 0 aliphatic carbocycles. The maximum Gasteiger partial charge on any atom is -0.0262 e. The quantitative estimate of drug-likeness (QED) is 0.379. The molecular weight excluding hydrogens is 156 g/mol. The fourth-order valence-electron chi connectivity index (χ4n) is 1.42. The van der Waals surface area contributed by atoms with Gasteiger partial charge in [-0.1, -0.05) is 58.1 Å². The summed E-state index contributed by atoms with van der Waals surface area (Å²) in [5.41, 5.74) is 0. The van der Waals surface area contributed by atoms with Gasteiger partial charge in [-0.25, -0.2) is 0 Å². The molecule has 13 heavy (non-hydrogen) atoms. The third-order valence-corrected chi connectivity index (χ3v) is 2.29. The van der Waals surface area contributed by atoms with Gasteiger partial charge in [0.25, 0.3) is 0 Å². The molecule has 0 aliphatic rings. The zero-order valence-corrected chi connectivity index (χ0v) is 9.10. The molecule has 0 aliphatic heterocycles. The molecule has 0 rings (SSSR count). The molecule has 0 aromatic rings. The minimum Gasteiger partial charge on any atom is -0.0883 e. The molecule has 0 spiro atoms. The van der Waals surface area contributed by atoms with Gasteiger partial charge in [-0.2, -0.15) is 0 Å². The lowest BCUT2D eigenvalue weighted by molar-refractivity contribution is 0.554. The Balaban J connectivity index is 3.16. The molecule has 0 nitrogen and oxygen atoms in total. The lowest BCUT2D eigenvalue weighted by Gasteiger charge is -2.05. The Morgan fingerprint density at radius 2 is 1.77 bits per heavy atom. The van der Waals surface area contributed by atoms with E-state index in [-0.39, 0.29) is 0 Å². The molecule has 0 N–H and O–H groups in total. The number of allylic oxidation sites excluding steroid dienone is 2. The highest BCUT2D eigenvalue weighted by Gasteiger charge is 1.96. The molecule has 0 bridgehead atoms. The van der Waals surface area contributed by atoms with E-state index in [1.807, 2.05) is 0 Å². The fourth-order valence-corrected chi connectivity index (χ4v) is 1.42. The predicted octanol–water partition coefficient (Wildman–Crippen LogP) is 4.58. The van der Waals surface area contributed by atoms with Crippen molar-refractivity contribution in [3.05, 3.63) is 26.0 Å². The molecule has 0 heteroatoms. The van der Waals surface area contributed by atoms with Crippen LogP contribution < -0.4 is 0 Å². The van der Waals surface area contributed by atoms with Crippen molar-refractivity contribution in [1.82, 2.24) is 0 Å². The van der Waals surface area contributed by atoms with Gasteiger partial charge < -0.3 is 0 Å². The second-order valence-electron chi connectivity index (χ2n) is 3.75. The van der Waals surface area contributed by atoms with Crippen molar-refractivity contribution in [3.8, 4) is 0 Å². The van der Waals surface area contributed by atoms with Gasteiger partial charge >= 0.3 is 0 Å². The summed E-state index contributed by atoms with van der Waals surface area (Å²) in [5, 5.41) is 0. The van der Waals surface area contributed by atoms with Gasteiger partial charge in [-0.3, -0.25) is 0 Å². The van der Waals surface area contributed by atoms with Crippen LogP contribution in [0.1, 0.15) is 51.9 Å². The number of hydrogen-bond acceptors (Lipinski definition) is 0. The smallest absolute Gasteiger partial charge is 0.0262 e. The first-order valence-electron chi connectivity index (χ1n) is 5.56. The fraction of sp³-hybridized carbons (Fsp3) is 0.692. The monoisotopic (exact) mass is 180 g/mol. The van der Waals surface area contributed by atoms with E-state index in [2.05, 4.69) is 32.9 Å². The van der Waals surface area contributed by atoms with Gasteiger partial charge in [0, 0.05) is 0 Å². The van der Waals surface area contributed by atoms with Crippen molar-refractivity contribution in [2.75, 3.05) is 0 Å². The summed E-state index contributed by atoms with van der Waals surface area (Å²) in [4.78, 5) is 0. The molecule has 0 fully saturated rings. The minimum absolute atomic E-state index is 0.738. The summed E-state index contributed by atoms with van der Waals surface area (Å²) < 4.78 is 0. The molecule has 0 aromatic carbocycles. The normalized spacial score (nSPS) is 13.8. The minimum atomic E-state index is 0.738. The van der Waals surface area contributed by atoms with Crippen LogP contribution in [-0.4, -0.2) is 0 Å². The highest BCUT2D eigenvalue weighted by atomic mass is 14.0. The van der Waals surface area contributed by atoms with E-state index in [9.17, 15) is 0 Å². The van der Waals surface area contributed by atoms with Gasteiger partial charge in [0.1, 0.15) is 0 Å². The molecule has 0 amide bonds. The lowest BCUT2D eigenvalue weighted by atomic mass is 10.0. The average molecular weight is 180 g/mol. The van der Waals surface area contributed by atoms with Crippen LogP contribution in [0.25, 0.3) is 0 Å². The Morgan fingerprint density at radius 1 is 1.08 bits per heavy atom. The molecule has 0 heterocycles. The second kappa shape index (κ2) is 9.83. The number of unbranched alkanes of at least 4 members (excludes halogenated alkanes) is 4. The standard InChI is InChI=1S/C13H24/c1-4-6-8-9-10-12-13(3)11-7-5-2/h7,11,13H,1-2,4-6,8-10,12H2,3H3. The first-order chi connectivity index (χ1) is 6.31. The van der Waals surface area contributed by atoms with Gasteiger partial charge in [0.15, 0.2) is 0 Å². The van der Waals surface area contributed by atoms with Crippen molar-refractivity contribution in [1.29, 1.82) is 0 Å². The van der Waals surface area contributed by atoms with Crippen molar-refractivity contribution in [3.63, 3.8) is 0 Å². The van der Waals surface area contributed by atoms with Crippen molar-refractivity contribution < 1.29 is 0 Å². The van der Waals surface area contributed by atoms with Gasteiger partial charge in [-0.05, 0) is 25.7 Å². The lowest BCUT2D eigenvalue weighted by Crippen LogP contribution is -1.89. The third-order valence-electron chi connectivity index (χ3n) is 2.29. The van der Waals surface area contributed by atoms with Crippen LogP contribution in [0, 0.1) is 19.8 Å². The average Bonchev–Trinajstić information content (AvgIpc) is 2.14. The van der Waals surface area contributed by atoms with Crippen LogP contribution in [-0.2, 0) is 0 Å². The van der Waals surface area contributed by atoms with E-state index in [1.165, 1.54) is 32.1 Å². The summed E-state index contributed by atoms with van der Waals surface area (Å²) in [6.45, 7) is 9.91. The maximum absolute atomic E-state index is 3.84. The van der Waals surface area contributed by atoms with Gasteiger partial charge in [-0.15, -0.1) is 0 Å².